The Hall–Kier alpha value is -2.67. The summed E-state index contributed by atoms with van der Waals surface area (Å²) in [6.07, 6.45) is 1.38. The van der Waals surface area contributed by atoms with Crippen molar-refractivity contribution in [3.8, 4) is 0 Å². The Labute approximate surface area is 155 Å². The fourth-order valence-electron chi connectivity index (χ4n) is 3.65. The van der Waals surface area contributed by atoms with Gasteiger partial charge >= 0.3 is 6.03 Å². The number of nitrogens with one attached hydrogen (secondary N) is 2. The van der Waals surface area contributed by atoms with Crippen LogP contribution in [0.1, 0.15) is 34.9 Å². The second-order valence-electron chi connectivity index (χ2n) is 6.50. The van der Waals surface area contributed by atoms with Crippen LogP contribution in [0.5, 0.6) is 0 Å². The number of fused-ring (bicyclic) bond motifs is 1. The van der Waals surface area contributed by atoms with Gasteiger partial charge in [0.2, 0.25) is 5.91 Å². The topological polar surface area (TPSA) is 78.5 Å². The van der Waals surface area contributed by atoms with Gasteiger partial charge < -0.3 is 10.2 Å². The fourth-order valence-corrected chi connectivity index (χ4v) is 4.56. The van der Waals surface area contributed by atoms with Crippen molar-refractivity contribution < 1.29 is 14.4 Å². The molecule has 4 amide bonds. The highest BCUT2D eigenvalue weighted by molar-refractivity contribution is 7.10. The van der Waals surface area contributed by atoms with Crippen LogP contribution in [0.3, 0.4) is 0 Å². The van der Waals surface area contributed by atoms with Crippen molar-refractivity contribution in [1.29, 1.82) is 0 Å². The molecule has 1 aromatic carbocycles. The number of nitrogens with zero attached hydrogens (tertiary/aromatic N) is 1. The van der Waals surface area contributed by atoms with E-state index in [1.54, 1.807) is 11.3 Å². The van der Waals surface area contributed by atoms with Crippen LogP contribution in [0, 0.1) is 0 Å². The van der Waals surface area contributed by atoms with E-state index in [0.29, 0.717) is 13.0 Å². The average molecular weight is 369 g/mol. The maximum Gasteiger partial charge on any atom is 0.322 e. The summed E-state index contributed by atoms with van der Waals surface area (Å²) in [5.74, 6) is -0.356. The predicted molar refractivity (Wildman–Crippen MR) is 97.7 cm³/mol. The molecule has 2 aromatic rings. The third-order valence-corrected chi connectivity index (χ3v) is 5.90. The van der Waals surface area contributed by atoms with E-state index in [1.165, 1.54) is 10.4 Å². The van der Waals surface area contributed by atoms with Gasteiger partial charge in [-0.2, -0.15) is 0 Å². The molecular formula is C19H19N3O3S. The lowest BCUT2D eigenvalue weighted by Gasteiger charge is -2.36. The van der Waals surface area contributed by atoms with E-state index in [-0.39, 0.29) is 24.3 Å². The molecule has 0 unspecified atom stereocenters. The van der Waals surface area contributed by atoms with Crippen LogP contribution in [-0.4, -0.2) is 35.3 Å². The molecule has 0 saturated carbocycles. The van der Waals surface area contributed by atoms with Crippen LogP contribution in [0.4, 0.5) is 4.79 Å². The number of hydrogen-bond donors (Lipinski definition) is 2. The van der Waals surface area contributed by atoms with E-state index in [2.05, 4.69) is 22.1 Å². The third kappa shape index (κ3) is 3.10. The first-order chi connectivity index (χ1) is 12.6. The lowest BCUT2D eigenvalue weighted by molar-refractivity contribution is -0.133. The molecule has 0 spiro atoms. The summed E-state index contributed by atoms with van der Waals surface area (Å²) in [6, 6.07) is 10.9. The summed E-state index contributed by atoms with van der Waals surface area (Å²) in [7, 11) is 0. The first kappa shape index (κ1) is 16.8. The lowest BCUT2D eigenvalue weighted by Crippen LogP contribution is -2.41. The summed E-state index contributed by atoms with van der Waals surface area (Å²) in [4.78, 5) is 39.1. The fraction of sp³-hybridized carbons (Fsp3) is 0.316. The SMILES string of the molecule is O=C1NC(=O)[C@@H](CCC(=O)N2CCc3sccc3[C@@H]2c2ccccc2)N1. The largest absolute Gasteiger partial charge is 0.331 e. The molecule has 1 saturated heterocycles. The molecule has 2 aliphatic heterocycles. The summed E-state index contributed by atoms with van der Waals surface area (Å²) in [6.45, 7) is 0.662. The maximum absolute atomic E-state index is 12.9. The van der Waals surface area contributed by atoms with Gasteiger partial charge in [-0.15, -0.1) is 11.3 Å². The van der Waals surface area contributed by atoms with Crippen LogP contribution in [-0.2, 0) is 16.0 Å². The van der Waals surface area contributed by atoms with Crippen LogP contribution < -0.4 is 10.6 Å². The zero-order valence-corrected chi connectivity index (χ0v) is 14.9. The molecule has 0 aliphatic carbocycles. The number of carbonyl (C=O) groups excluding carboxylic acids is 3. The normalized spacial score (nSPS) is 21.9. The molecule has 7 heteroatoms. The summed E-state index contributed by atoms with van der Waals surface area (Å²) >= 11 is 1.73. The van der Waals surface area contributed by atoms with Crippen molar-refractivity contribution in [2.75, 3.05) is 6.54 Å². The maximum atomic E-state index is 12.9. The first-order valence-electron chi connectivity index (χ1n) is 8.65. The lowest BCUT2D eigenvalue weighted by atomic mass is 9.92. The molecule has 2 atom stereocenters. The Bertz CT molecular complexity index is 849. The number of carbonyl (C=O) groups is 3. The van der Waals surface area contributed by atoms with Crippen LogP contribution in [0.2, 0.25) is 0 Å². The first-order valence-corrected chi connectivity index (χ1v) is 9.53. The number of urea groups is 1. The van der Waals surface area contributed by atoms with E-state index in [4.69, 9.17) is 0 Å². The van der Waals surface area contributed by atoms with Gasteiger partial charge in [-0.05, 0) is 35.4 Å². The van der Waals surface area contributed by atoms with Crippen molar-refractivity contribution in [2.45, 2.75) is 31.3 Å². The second kappa shape index (κ2) is 6.92. The number of hydrogen-bond acceptors (Lipinski definition) is 4. The van der Waals surface area contributed by atoms with Crippen molar-refractivity contribution in [3.05, 3.63) is 57.8 Å². The quantitative estimate of drug-likeness (QED) is 0.811. The summed E-state index contributed by atoms with van der Waals surface area (Å²) in [5.41, 5.74) is 2.28. The van der Waals surface area contributed by atoms with Crippen molar-refractivity contribution in [3.63, 3.8) is 0 Å². The molecular weight excluding hydrogens is 350 g/mol. The standard InChI is InChI=1S/C19H19N3O3S/c23-16(7-6-14-18(24)21-19(25)20-14)22-10-8-15-13(9-11-26-15)17(22)12-4-2-1-3-5-12/h1-5,9,11,14,17H,6-8,10H2,(H2,20,21,24,25)/t14-,17+/m1/s1. The van der Waals surface area contributed by atoms with Gasteiger partial charge in [-0.25, -0.2) is 4.79 Å². The molecule has 134 valence electrons. The minimum Gasteiger partial charge on any atom is -0.331 e. The molecule has 2 aliphatic rings. The number of imide groups is 1. The van der Waals surface area contributed by atoms with Gasteiger partial charge in [0, 0.05) is 17.8 Å². The molecule has 0 bridgehead atoms. The van der Waals surface area contributed by atoms with Gasteiger partial charge in [0.15, 0.2) is 0 Å². The van der Waals surface area contributed by atoms with Crippen molar-refractivity contribution >= 4 is 29.2 Å². The molecule has 2 N–H and O–H groups in total. The molecule has 6 nitrogen and oxygen atoms in total. The van der Waals surface area contributed by atoms with E-state index in [9.17, 15) is 14.4 Å². The van der Waals surface area contributed by atoms with Crippen molar-refractivity contribution in [2.24, 2.45) is 0 Å². The second-order valence-corrected chi connectivity index (χ2v) is 7.50. The zero-order chi connectivity index (χ0) is 18.1. The highest BCUT2D eigenvalue weighted by Gasteiger charge is 2.34. The highest BCUT2D eigenvalue weighted by atomic mass is 32.1. The number of thiophene rings is 1. The van der Waals surface area contributed by atoms with E-state index in [1.807, 2.05) is 35.2 Å². The van der Waals surface area contributed by atoms with Gasteiger partial charge in [0.1, 0.15) is 6.04 Å². The van der Waals surface area contributed by atoms with Crippen molar-refractivity contribution in [1.82, 2.24) is 15.5 Å². The van der Waals surface area contributed by atoms with Gasteiger partial charge in [-0.1, -0.05) is 30.3 Å². The molecule has 1 fully saturated rings. The van der Waals surface area contributed by atoms with Gasteiger partial charge in [0.05, 0.1) is 6.04 Å². The highest BCUT2D eigenvalue weighted by Crippen LogP contribution is 2.38. The number of benzene rings is 1. The minimum atomic E-state index is -0.622. The average Bonchev–Trinajstić information content (AvgIpc) is 3.25. The Kier molecular flexibility index (Phi) is 4.46. The third-order valence-electron chi connectivity index (χ3n) is 4.91. The molecule has 1 aromatic heterocycles. The van der Waals surface area contributed by atoms with Crippen LogP contribution in [0.25, 0.3) is 0 Å². The smallest absolute Gasteiger partial charge is 0.322 e. The number of rotatable bonds is 4. The molecule has 26 heavy (non-hydrogen) atoms. The zero-order valence-electron chi connectivity index (χ0n) is 14.1. The van der Waals surface area contributed by atoms with Gasteiger partial charge in [0.25, 0.3) is 5.91 Å². The number of amides is 4. The molecule has 3 heterocycles. The Morgan fingerprint density at radius 1 is 1.19 bits per heavy atom. The summed E-state index contributed by atoms with van der Waals surface area (Å²) < 4.78 is 0. The molecule has 4 rings (SSSR count). The van der Waals surface area contributed by atoms with Gasteiger partial charge in [-0.3, -0.25) is 14.9 Å². The Morgan fingerprint density at radius 3 is 2.73 bits per heavy atom. The molecule has 0 radical (unpaired) electrons. The van der Waals surface area contributed by atoms with Crippen LogP contribution >= 0.6 is 11.3 Å². The monoisotopic (exact) mass is 369 g/mol. The van der Waals surface area contributed by atoms with E-state index < -0.39 is 12.1 Å². The Morgan fingerprint density at radius 2 is 2.00 bits per heavy atom. The summed E-state index contributed by atoms with van der Waals surface area (Å²) in [5, 5.41) is 6.83. The van der Waals surface area contributed by atoms with E-state index in [0.717, 1.165) is 12.0 Å². The van der Waals surface area contributed by atoms with E-state index >= 15 is 0 Å². The van der Waals surface area contributed by atoms with Crippen LogP contribution in [0.15, 0.2) is 41.8 Å². The Balaban J connectivity index is 1.53. The predicted octanol–water partition coefficient (Wildman–Crippen LogP) is 2.21. The minimum absolute atomic E-state index is 0.00431.